The summed E-state index contributed by atoms with van der Waals surface area (Å²) in [5.74, 6) is -0.412. The molecule has 1 heterocycles. The predicted octanol–water partition coefficient (Wildman–Crippen LogP) is 2.89. The Hall–Kier alpha value is -2.04. The van der Waals surface area contributed by atoms with E-state index >= 15 is 0 Å². The Morgan fingerprint density at radius 2 is 2.14 bits per heavy atom. The van der Waals surface area contributed by atoms with E-state index in [9.17, 15) is 9.59 Å². The third-order valence-electron chi connectivity index (χ3n) is 3.24. The largest absolute Gasteiger partial charge is 0.458 e. The van der Waals surface area contributed by atoms with Gasteiger partial charge in [-0.3, -0.25) is 0 Å². The molecule has 0 bridgehead atoms. The fourth-order valence-electron chi connectivity index (χ4n) is 1.97. The summed E-state index contributed by atoms with van der Waals surface area (Å²) in [7, 11) is 0. The van der Waals surface area contributed by atoms with Crippen molar-refractivity contribution in [3.8, 4) is 0 Å². The van der Waals surface area contributed by atoms with E-state index in [1.54, 1.807) is 13.0 Å². The van der Waals surface area contributed by atoms with Gasteiger partial charge in [0.05, 0.1) is 6.61 Å². The highest BCUT2D eigenvalue weighted by atomic mass is 16.6. The van der Waals surface area contributed by atoms with Crippen LogP contribution in [-0.4, -0.2) is 30.8 Å². The smallest absolute Gasteiger partial charge is 0.407 e. The summed E-state index contributed by atoms with van der Waals surface area (Å²) in [6.07, 6.45) is 8.35. The highest BCUT2D eigenvalue weighted by molar-refractivity contribution is 5.86. The molecule has 1 aliphatic heterocycles. The van der Waals surface area contributed by atoms with Gasteiger partial charge in [-0.25, -0.2) is 9.59 Å². The molecule has 0 aromatic carbocycles. The predicted molar refractivity (Wildman–Crippen MR) is 80.8 cm³/mol. The molecule has 1 rings (SSSR count). The molecule has 1 N–H and O–H groups in total. The normalized spacial score (nSPS) is 21.0. The SMILES string of the molecule is C=CC=C(C=C)CCCCCOC(=O)NC1C(=O)OC1C. The number of carbonyl (C=O) groups excluding carboxylic acids is 2. The van der Waals surface area contributed by atoms with Gasteiger partial charge in [0.1, 0.15) is 6.10 Å². The molecule has 0 aliphatic carbocycles. The van der Waals surface area contributed by atoms with E-state index in [1.165, 1.54) is 0 Å². The Kier molecular flexibility index (Phi) is 7.29. The topological polar surface area (TPSA) is 64.6 Å². The summed E-state index contributed by atoms with van der Waals surface area (Å²) in [6.45, 7) is 9.46. The van der Waals surface area contributed by atoms with Crippen molar-refractivity contribution in [2.45, 2.75) is 44.8 Å². The molecule has 0 saturated carbocycles. The van der Waals surface area contributed by atoms with Gasteiger partial charge in [-0.05, 0) is 38.2 Å². The summed E-state index contributed by atoms with van der Waals surface area (Å²) in [6, 6.07) is -0.573. The van der Waals surface area contributed by atoms with Gasteiger partial charge < -0.3 is 14.8 Å². The van der Waals surface area contributed by atoms with Gasteiger partial charge in [-0.1, -0.05) is 31.4 Å². The van der Waals surface area contributed by atoms with Crippen LogP contribution in [0.15, 0.2) is 37.0 Å². The number of cyclic esters (lactones) is 1. The van der Waals surface area contributed by atoms with Gasteiger partial charge in [-0.2, -0.15) is 0 Å². The lowest BCUT2D eigenvalue weighted by Gasteiger charge is -2.32. The second kappa shape index (κ2) is 9.00. The Bertz CT molecular complexity index is 428. The van der Waals surface area contributed by atoms with Crippen LogP contribution in [0.5, 0.6) is 0 Å². The van der Waals surface area contributed by atoms with Crippen molar-refractivity contribution < 1.29 is 19.1 Å². The molecule has 1 saturated heterocycles. The third kappa shape index (κ3) is 5.85. The zero-order chi connectivity index (χ0) is 15.7. The lowest BCUT2D eigenvalue weighted by molar-refractivity contribution is -0.174. The Morgan fingerprint density at radius 3 is 2.71 bits per heavy atom. The maximum Gasteiger partial charge on any atom is 0.407 e. The first-order chi connectivity index (χ1) is 10.1. The third-order valence-corrected chi connectivity index (χ3v) is 3.24. The van der Waals surface area contributed by atoms with Crippen LogP contribution in [-0.2, 0) is 14.3 Å². The van der Waals surface area contributed by atoms with Crippen LogP contribution in [0.3, 0.4) is 0 Å². The number of hydrogen-bond donors (Lipinski definition) is 1. The molecule has 2 atom stereocenters. The highest BCUT2D eigenvalue weighted by Crippen LogP contribution is 2.13. The number of nitrogens with one attached hydrogen (secondary N) is 1. The molecule has 1 aliphatic rings. The Balaban J connectivity index is 2.05. The van der Waals surface area contributed by atoms with E-state index in [4.69, 9.17) is 9.47 Å². The van der Waals surface area contributed by atoms with Gasteiger partial charge in [0.15, 0.2) is 6.04 Å². The molecule has 21 heavy (non-hydrogen) atoms. The first-order valence-corrected chi connectivity index (χ1v) is 7.16. The summed E-state index contributed by atoms with van der Waals surface area (Å²) in [5.41, 5.74) is 1.15. The van der Waals surface area contributed by atoms with Crippen LogP contribution in [0.25, 0.3) is 0 Å². The molecule has 0 radical (unpaired) electrons. The number of hydrogen-bond acceptors (Lipinski definition) is 4. The number of unbranched alkanes of at least 4 members (excludes halogenated alkanes) is 2. The van der Waals surface area contributed by atoms with E-state index in [1.807, 2.05) is 12.2 Å². The summed E-state index contributed by atoms with van der Waals surface area (Å²) in [4.78, 5) is 22.5. The Labute approximate surface area is 125 Å². The fraction of sp³-hybridized carbons (Fsp3) is 0.500. The number of alkyl carbamates (subject to hydrolysis) is 1. The molecule has 2 unspecified atom stereocenters. The molecule has 5 nitrogen and oxygen atoms in total. The number of allylic oxidation sites excluding steroid dienone is 4. The molecule has 5 heteroatoms. The van der Waals surface area contributed by atoms with Gasteiger partial charge in [0, 0.05) is 0 Å². The summed E-state index contributed by atoms with van der Waals surface area (Å²) in [5, 5.41) is 2.48. The second-order valence-corrected chi connectivity index (χ2v) is 4.89. The van der Waals surface area contributed by atoms with Crippen molar-refractivity contribution in [2.75, 3.05) is 6.61 Å². The van der Waals surface area contributed by atoms with Crippen molar-refractivity contribution in [3.05, 3.63) is 37.0 Å². The van der Waals surface area contributed by atoms with E-state index in [-0.39, 0.29) is 6.10 Å². The molecular weight excluding hydrogens is 270 g/mol. The van der Waals surface area contributed by atoms with Crippen LogP contribution in [0.2, 0.25) is 0 Å². The van der Waals surface area contributed by atoms with E-state index in [0.717, 1.165) is 31.3 Å². The van der Waals surface area contributed by atoms with Crippen molar-refractivity contribution in [3.63, 3.8) is 0 Å². The van der Waals surface area contributed by atoms with Crippen molar-refractivity contribution in [1.82, 2.24) is 5.32 Å². The van der Waals surface area contributed by atoms with Crippen molar-refractivity contribution in [1.29, 1.82) is 0 Å². The number of rotatable bonds is 9. The first kappa shape index (κ1) is 17.0. The number of esters is 1. The Morgan fingerprint density at radius 1 is 1.38 bits per heavy atom. The minimum Gasteiger partial charge on any atom is -0.458 e. The van der Waals surface area contributed by atoms with Gasteiger partial charge >= 0.3 is 12.1 Å². The molecule has 0 aromatic rings. The number of carbonyl (C=O) groups is 2. The number of ether oxygens (including phenoxy) is 2. The van der Waals surface area contributed by atoms with Crippen LogP contribution in [0, 0.1) is 0 Å². The van der Waals surface area contributed by atoms with E-state index in [2.05, 4.69) is 18.5 Å². The maximum atomic E-state index is 11.4. The molecular formula is C16H23NO4. The standard InChI is InChI=1S/C16H23NO4/c1-4-9-13(5-2)10-7-6-8-11-20-16(19)17-14-12(3)21-15(14)18/h4-5,9,12,14H,1-2,6-8,10-11H2,3H3,(H,17,19). The summed E-state index contributed by atoms with van der Waals surface area (Å²) >= 11 is 0. The van der Waals surface area contributed by atoms with Gasteiger partial charge in [0.25, 0.3) is 0 Å². The van der Waals surface area contributed by atoms with Gasteiger partial charge in [0.2, 0.25) is 0 Å². The zero-order valence-corrected chi connectivity index (χ0v) is 12.5. The monoisotopic (exact) mass is 293 g/mol. The van der Waals surface area contributed by atoms with E-state index < -0.39 is 18.1 Å². The summed E-state index contributed by atoms with van der Waals surface area (Å²) < 4.78 is 9.75. The van der Waals surface area contributed by atoms with E-state index in [0.29, 0.717) is 6.61 Å². The second-order valence-electron chi connectivity index (χ2n) is 4.89. The lowest BCUT2D eigenvalue weighted by atomic mass is 10.1. The maximum absolute atomic E-state index is 11.4. The minimum absolute atomic E-state index is 0.279. The fourth-order valence-corrected chi connectivity index (χ4v) is 1.97. The zero-order valence-electron chi connectivity index (χ0n) is 12.5. The van der Waals surface area contributed by atoms with Gasteiger partial charge in [-0.15, -0.1) is 0 Å². The quantitative estimate of drug-likeness (QED) is 0.403. The molecule has 0 aromatic heterocycles. The van der Waals surface area contributed by atoms with Crippen molar-refractivity contribution >= 4 is 12.1 Å². The molecule has 1 amide bonds. The highest BCUT2D eigenvalue weighted by Gasteiger charge is 2.40. The minimum atomic E-state index is -0.573. The van der Waals surface area contributed by atoms with Crippen LogP contribution in [0.1, 0.15) is 32.6 Å². The van der Waals surface area contributed by atoms with Crippen LogP contribution >= 0.6 is 0 Å². The molecule has 1 fully saturated rings. The molecule has 0 spiro atoms. The van der Waals surface area contributed by atoms with Crippen LogP contribution < -0.4 is 5.32 Å². The van der Waals surface area contributed by atoms with Crippen molar-refractivity contribution in [2.24, 2.45) is 0 Å². The average molecular weight is 293 g/mol. The lowest BCUT2D eigenvalue weighted by Crippen LogP contribution is -2.58. The van der Waals surface area contributed by atoms with Crippen LogP contribution in [0.4, 0.5) is 4.79 Å². The molecule has 116 valence electrons. The number of amides is 1. The average Bonchev–Trinajstić information content (AvgIpc) is 2.47. The first-order valence-electron chi connectivity index (χ1n) is 7.16.